The van der Waals surface area contributed by atoms with Crippen LogP contribution in [0.4, 0.5) is 4.79 Å². The van der Waals surface area contributed by atoms with E-state index in [1.165, 1.54) is 0 Å². The zero-order valence-corrected chi connectivity index (χ0v) is 20.7. The summed E-state index contributed by atoms with van der Waals surface area (Å²) in [6.45, 7) is 5.10. The van der Waals surface area contributed by atoms with E-state index in [0.717, 1.165) is 16.7 Å². The minimum absolute atomic E-state index is 0.365. The van der Waals surface area contributed by atoms with E-state index in [9.17, 15) is 14.4 Å². The van der Waals surface area contributed by atoms with Gasteiger partial charge in [0, 0.05) is 0 Å². The maximum atomic E-state index is 13.6. The summed E-state index contributed by atoms with van der Waals surface area (Å²) in [6, 6.07) is 27.5. The highest BCUT2D eigenvalue weighted by atomic mass is 16.6. The van der Waals surface area contributed by atoms with Gasteiger partial charge in [-0.1, -0.05) is 91.0 Å². The minimum atomic E-state index is -1.25. The van der Waals surface area contributed by atoms with Gasteiger partial charge in [-0.15, -0.1) is 0 Å². The molecule has 0 saturated carbocycles. The molecule has 0 heterocycles. The van der Waals surface area contributed by atoms with Crippen LogP contribution >= 0.6 is 0 Å². The number of hydrogen-bond acceptors (Lipinski definition) is 5. The highest BCUT2D eigenvalue weighted by Crippen LogP contribution is 2.36. The molecule has 0 aliphatic heterocycles. The number of carbonyl (C=O) groups is 3. The van der Waals surface area contributed by atoms with Crippen LogP contribution < -0.4 is 21.9 Å². The fourth-order valence-corrected chi connectivity index (χ4v) is 3.99. The third-order valence-electron chi connectivity index (χ3n) is 5.49. The van der Waals surface area contributed by atoms with Crippen molar-refractivity contribution in [1.82, 2.24) is 16.1 Å². The minimum Gasteiger partial charge on any atom is -0.444 e. The molecule has 36 heavy (non-hydrogen) atoms. The zero-order chi connectivity index (χ0) is 26.2. The molecule has 188 valence electrons. The first-order chi connectivity index (χ1) is 17.2. The first-order valence-corrected chi connectivity index (χ1v) is 11.6. The van der Waals surface area contributed by atoms with E-state index in [0.29, 0.717) is 0 Å². The molecule has 0 bridgehead atoms. The number of benzene rings is 3. The van der Waals surface area contributed by atoms with Crippen LogP contribution in [-0.4, -0.2) is 29.6 Å². The molecule has 0 saturated heterocycles. The molecule has 3 amide bonds. The second kappa shape index (κ2) is 11.5. The fraction of sp³-hybridized carbons (Fsp3) is 0.250. The summed E-state index contributed by atoms with van der Waals surface area (Å²) in [5, 5.41) is 5.60. The summed E-state index contributed by atoms with van der Waals surface area (Å²) < 4.78 is 5.25. The summed E-state index contributed by atoms with van der Waals surface area (Å²) in [4.78, 5) is 38.3. The van der Waals surface area contributed by atoms with Crippen molar-refractivity contribution in [3.05, 3.63) is 108 Å². The summed E-state index contributed by atoms with van der Waals surface area (Å²) in [6.07, 6.45) is -1.19. The van der Waals surface area contributed by atoms with Crippen LogP contribution in [0.25, 0.3) is 0 Å². The van der Waals surface area contributed by atoms with Crippen LogP contribution in [0.15, 0.2) is 91.0 Å². The Kier molecular flexibility index (Phi) is 8.45. The number of rotatable bonds is 8. The van der Waals surface area contributed by atoms with Crippen LogP contribution in [-0.2, 0) is 19.9 Å². The number of nitrogens with one attached hydrogen (secondary N) is 3. The van der Waals surface area contributed by atoms with Crippen molar-refractivity contribution in [2.75, 3.05) is 0 Å². The molecule has 0 aromatic heterocycles. The molecular formula is C28H32N4O4. The van der Waals surface area contributed by atoms with Gasteiger partial charge in [0.25, 0.3) is 5.91 Å². The molecule has 0 aliphatic carbocycles. The SMILES string of the molecule is CC(C)(C)OC(=O)N[C@H](CC(=O)NC(c1ccccc1)(c1ccccc1)c1ccccc1)C(=O)NN. The third kappa shape index (κ3) is 6.49. The molecular weight excluding hydrogens is 456 g/mol. The largest absolute Gasteiger partial charge is 0.444 e. The fourth-order valence-electron chi connectivity index (χ4n) is 3.99. The van der Waals surface area contributed by atoms with Gasteiger partial charge in [-0.2, -0.15) is 0 Å². The molecule has 3 aromatic rings. The van der Waals surface area contributed by atoms with Crippen LogP contribution in [0.3, 0.4) is 0 Å². The molecule has 0 unspecified atom stereocenters. The van der Waals surface area contributed by atoms with Gasteiger partial charge in [-0.3, -0.25) is 15.0 Å². The summed E-state index contributed by atoms with van der Waals surface area (Å²) in [5.74, 6) is 4.13. The average molecular weight is 489 g/mol. The van der Waals surface area contributed by atoms with E-state index in [-0.39, 0.29) is 6.42 Å². The van der Waals surface area contributed by atoms with Crippen molar-refractivity contribution >= 4 is 17.9 Å². The Bertz CT molecular complexity index is 1070. The van der Waals surface area contributed by atoms with Gasteiger partial charge >= 0.3 is 6.09 Å². The lowest BCUT2D eigenvalue weighted by Gasteiger charge is -2.37. The van der Waals surface area contributed by atoms with Gasteiger partial charge in [0.15, 0.2) is 0 Å². The second-order valence-corrected chi connectivity index (χ2v) is 9.31. The zero-order valence-electron chi connectivity index (χ0n) is 20.7. The number of nitrogens with two attached hydrogens (primary N) is 1. The topological polar surface area (TPSA) is 123 Å². The van der Waals surface area contributed by atoms with Crippen LogP contribution in [0.2, 0.25) is 0 Å². The summed E-state index contributed by atoms with van der Waals surface area (Å²) in [5.41, 5.74) is 2.66. The van der Waals surface area contributed by atoms with Crippen LogP contribution in [0.5, 0.6) is 0 Å². The van der Waals surface area contributed by atoms with Crippen molar-refractivity contribution in [3.8, 4) is 0 Å². The average Bonchev–Trinajstić information content (AvgIpc) is 2.87. The maximum Gasteiger partial charge on any atom is 0.408 e. The highest BCUT2D eigenvalue weighted by Gasteiger charge is 2.39. The Morgan fingerprint density at radius 2 is 1.19 bits per heavy atom. The molecule has 0 radical (unpaired) electrons. The van der Waals surface area contributed by atoms with Gasteiger partial charge in [0.05, 0.1) is 6.42 Å². The van der Waals surface area contributed by atoms with E-state index >= 15 is 0 Å². The number of hydrogen-bond donors (Lipinski definition) is 4. The molecule has 0 aliphatic rings. The van der Waals surface area contributed by atoms with Gasteiger partial charge < -0.3 is 15.4 Å². The lowest BCUT2D eigenvalue weighted by atomic mass is 9.77. The standard InChI is InChI=1S/C28H32N4O4/c1-27(2,3)36-26(35)30-23(25(34)32-29)19-24(33)31-28(20-13-7-4-8-14-20,21-15-9-5-10-16-21)22-17-11-6-12-18-22/h4-18,23H,19,29H2,1-3H3,(H,30,35)(H,31,33)(H,32,34)/t23-/m1/s1. The van der Waals surface area contributed by atoms with Crippen LogP contribution in [0.1, 0.15) is 43.9 Å². The molecule has 1 atom stereocenters. The number of carbonyl (C=O) groups excluding carboxylic acids is 3. The monoisotopic (exact) mass is 488 g/mol. The lowest BCUT2D eigenvalue weighted by molar-refractivity contribution is -0.129. The molecule has 0 fully saturated rings. The summed E-state index contributed by atoms with van der Waals surface area (Å²) in [7, 11) is 0. The van der Waals surface area contributed by atoms with E-state index in [2.05, 4.69) is 10.6 Å². The molecule has 3 rings (SSSR count). The van der Waals surface area contributed by atoms with E-state index in [4.69, 9.17) is 10.6 Å². The van der Waals surface area contributed by atoms with E-state index in [1.807, 2.05) is 96.4 Å². The molecule has 8 nitrogen and oxygen atoms in total. The smallest absolute Gasteiger partial charge is 0.408 e. The predicted octanol–water partition coefficient (Wildman–Crippen LogP) is 3.37. The Morgan fingerprint density at radius 1 is 0.778 bits per heavy atom. The molecule has 8 heteroatoms. The number of alkyl carbamates (subject to hydrolysis) is 1. The Morgan fingerprint density at radius 3 is 1.56 bits per heavy atom. The molecule has 5 N–H and O–H groups in total. The third-order valence-corrected chi connectivity index (χ3v) is 5.49. The van der Waals surface area contributed by atoms with Gasteiger partial charge in [-0.05, 0) is 37.5 Å². The highest BCUT2D eigenvalue weighted by molar-refractivity contribution is 5.91. The second-order valence-electron chi connectivity index (χ2n) is 9.31. The van der Waals surface area contributed by atoms with Crippen molar-refractivity contribution < 1.29 is 19.1 Å². The van der Waals surface area contributed by atoms with Crippen molar-refractivity contribution in [1.29, 1.82) is 0 Å². The van der Waals surface area contributed by atoms with E-state index < -0.39 is 35.1 Å². The van der Waals surface area contributed by atoms with Crippen molar-refractivity contribution in [2.45, 2.75) is 44.4 Å². The number of ether oxygens (including phenoxy) is 1. The maximum absolute atomic E-state index is 13.6. The molecule has 3 aromatic carbocycles. The normalized spacial score (nSPS) is 12.2. The quantitative estimate of drug-likeness (QED) is 0.168. The van der Waals surface area contributed by atoms with Crippen molar-refractivity contribution in [3.63, 3.8) is 0 Å². The van der Waals surface area contributed by atoms with Crippen molar-refractivity contribution in [2.24, 2.45) is 5.84 Å². The number of amides is 3. The number of hydrazine groups is 1. The van der Waals surface area contributed by atoms with Crippen LogP contribution in [0, 0.1) is 0 Å². The predicted molar refractivity (Wildman–Crippen MR) is 137 cm³/mol. The molecule has 0 spiro atoms. The first-order valence-electron chi connectivity index (χ1n) is 11.6. The van der Waals surface area contributed by atoms with E-state index in [1.54, 1.807) is 20.8 Å². The Balaban J connectivity index is 2.01. The van der Waals surface area contributed by atoms with Gasteiger partial charge in [0.1, 0.15) is 17.2 Å². The summed E-state index contributed by atoms with van der Waals surface area (Å²) >= 11 is 0. The van der Waals surface area contributed by atoms with Gasteiger partial charge in [-0.25, -0.2) is 10.6 Å². The Hall–Kier alpha value is -4.17. The lowest BCUT2D eigenvalue weighted by Crippen LogP contribution is -2.54. The van der Waals surface area contributed by atoms with Gasteiger partial charge in [0.2, 0.25) is 5.91 Å². The Labute approximate surface area is 211 Å². The first kappa shape index (κ1) is 26.4.